The van der Waals surface area contributed by atoms with E-state index in [1.165, 1.54) is 10.9 Å². The molecule has 0 aromatic carbocycles. The fourth-order valence-corrected chi connectivity index (χ4v) is 1.27. The van der Waals surface area contributed by atoms with Gasteiger partial charge in [0.2, 0.25) is 0 Å². The van der Waals surface area contributed by atoms with Crippen LogP contribution in [0.15, 0.2) is 6.20 Å². The van der Waals surface area contributed by atoms with E-state index in [4.69, 9.17) is 5.73 Å². The first-order valence-corrected chi connectivity index (χ1v) is 5.49. The Labute approximate surface area is 102 Å². The van der Waals surface area contributed by atoms with Gasteiger partial charge in [0.1, 0.15) is 5.69 Å². The molecular weight excluding hydrogens is 218 g/mol. The first-order chi connectivity index (χ1) is 7.75. The first-order valence-electron chi connectivity index (χ1n) is 5.49. The molecule has 0 bridgehead atoms. The predicted octanol–water partition coefficient (Wildman–Crippen LogP) is 0.0723. The van der Waals surface area contributed by atoms with E-state index in [0.717, 1.165) is 0 Å². The van der Waals surface area contributed by atoms with E-state index in [1.807, 2.05) is 14.1 Å². The minimum absolute atomic E-state index is 0.108. The third kappa shape index (κ3) is 2.97. The van der Waals surface area contributed by atoms with Crippen molar-refractivity contribution >= 4 is 11.6 Å². The molecule has 0 saturated heterocycles. The SMILES string of the molecule is CN(C)C(C)(C)CNC(=O)c1c(N)cnn1C. The summed E-state index contributed by atoms with van der Waals surface area (Å²) in [5.74, 6) is -0.197. The Hall–Kier alpha value is -1.56. The largest absolute Gasteiger partial charge is 0.396 e. The predicted molar refractivity (Wildman–Crippen MR) is 67.7 cm³/mol. The highest BCUT2D eigenvalue weighted by Crippen LogP contribution is 2.11. The van der Waals surface area contributed by atoms with E-state index in [2.05, 4.69) is 29.2 Å². The minimum atomic E-state index is -0.197. The van der Waals surface area contributed by atoms with Crippen LogP contribution in [0, 0.1) is 0 Å². The lowest BCUT2D eigenvalue weighted by atomic mass is 10.0. The molecule has 0 spiro atoms. The maximum Gasteiger partial charge on any atom is 0.271 e. The molecule has 0 radical (unpaired) electrons. The molecule has 17 heavy (non-hydrogen) atoms. The molecule has 6 heteroatoms. The van der Waals surface area contributed by atoms with Gasteiger partial charge >= 0.3 is 0 Å². The third-order valence-corrected chi connectivity index (χ3v) is 3.07. The van der Waals surface area contributed by atoms with Gasteiger partial charge in [-0.3, -0.25) is 9.48 Å². The molecule has 0 unspecified atom stereocenters. The van der Waals surface area contributed by atoms with Gasteiger partial charge in [-0.2, -0.15) is 5.10 Å². The number of nitrogens with two attached hydrogens (primary N) is 1. The molecule has 0 aliphatic rings. The maximum atomic E-state index is 11.9. The fourth-order valence-electron chi connectivity index (χ4n) is 1.27. The molecule has 96 valence electrons. The summed E-state index contributed by atoms with van der Waals surface area (Å²) in [6.45, 7) is 4.66. The van der Waals surface area contributed by atoms with Crippen LogP contribution >= 0.6 is 0 Å². The average Bonchev–Trinajstić information content (AvgIpc) is 2.55. The van der Waals surface area contributed by atoms with Crippen molar-refractivity contribution in [2.24, 2.45) is 7.05 Å². The number of aryl methyl sites for hydroxylation is 1. The van der Waals surface area contributed by atoms with Gasteiger partial charge in [0.15, 0.2) is 0 Å². The summed E-state index contributed by atoms with van der Waals surface area (Å²) in [6, 6.07) is 0. The van der Waals surface area contributed by atoms with Gasteiger partial charge in [-0.15, -0.1) is 0 Å². The molecule has 1 amide bonds. The molecule has 0 fully saturated rings. The third-order valence-electron chi connectivity index (χ3n) is 3.07. The Morgan fingerprint density at radius 2 is 2.18 bits per heavy atom. The van der Waals surface area contributed by atoms with E-state index in [9.17, 15) is 4.79 Å². The van der Waals surface area contributed by atoms with Crippen molar-refractivity contribution in [1.82, 2.24) is 20.0 Å². The van der Waals surface area contributed by atoms with Crippen LogP contribution in [0.25, 0.3) is 0 Å². The summed E-state index contributed by atoms with van der Waals surface area (Å²) in [4.78, 5) is 14.0. The number of nitrogens with zero attached hydrogens (tertiary/aromatic N) is 3. The zero-order valence-electron chi connectivity index (χ0n) is 11.1. The van der Waals surface area contributed by atoms with Crippen LogP contribution < -0.4 is 11.1 Å². The Bertz CT molecular complexity index is 388. The summed E-state index contributed by atoms with van der Waals surface area (Å²) >= 11 is 0. The number of carbonyl (C=O) groups excluding carboxylic acids is 1. The molecule has 0 atom stereocenters. The van der Waals surface area contributed by atoms with Gasteiger partial charge in [0.05, 0.1) is 11.9 Å². The monoisotopic (exact) mass is 239 g/mol. The molecule has 0 aliphatic carbocycles. The minimum Gasteiger partial charge on any atom is -0.396 e. The Morgan fingerprint density at radius 1 is 1.59 bits per heavy atom. The van der Waals surface area contributed by atoms with Gasteiger partial charge < -0.3 is 16.0 Å². The van der Waals surface area contributed by atoms with Crippen LogP contribution in [0.5, 0.6) is 0 Å². The lowest BCUT2D eigenvalue weighted by Crippen LogP contribution is -2.48. The normalized spacial score (nSPS) is 11.9. The number of carbonyl (C=O) groups is 1. The number of anilines is 1. The Balaban J connectivity index is 2.69. The quantitative estimate of drug-likeness (QED) is 0.779. The van der Waals surface area contributed by atoms with Crippen LogP contribution in [-0.2, 0) is 7.05 Å². The number of likely N-dealkylation sites (N-methyl/N-ethyl adjacent to an activating group) is 1. The molecule has 1 aromatic heterocycles. The molecule has 3 N–H and O–H groups in total. The van der Waals surface area contributed by atoms with Gasteiger partial charge in [-0.05, 0) is 27.9 Å². The van der Waals surface area contributed by atoms with Gasteiger partial charge in [0, 0.05) is 19.1 Å². The van der Waals surface area contributed by atoms with Gasteiger partial charge in [-0.25, -0.2) is 0 Å². The number of nitrogens with one attached hydrogen (secondary N) is 1. The Morgan fingerprint density at radius 3 is 2.59 bits per heavy atom. The lowest BCUT2D eigenvalue weighted by Gasteiger charge is -2.32. The van der Waals surface area contributed by atoms with Crippen molar-refractivity contribution in [2.75, 3.05) is 26.4 Å². The topological polar surface area (TPSA) is 76.2 Å². The number of nitrogen functional groups attached to an aromatic ring is 1. The zero-order chi connectivity index (χ0) is 13.2. The average molecular weight is 239 g/mol. The maximum absolute atomic E-state index is 11.9. The molecular formula is C11H21N5O. The summed E-state index contributed by atoms with van der Waals surface area (Å²) in [5.41, 5.74) is 6.38. The van der Waals surface area contributed by atoms with Crippen LogP contribution in [0.2, 0.25) is 0 Å². The van der Waals surface area contributed by atoms with E-state index >= 15 is 0 Å². The smallest absolute Gasteiger partial charge is 0.271 e. The van der Waals surface area contributed by atoms with Crippen molar-refractivity contribution < 1.29 is 4.79 Å². The molecule has 6 nitrogen and oxygen atoms in total. The van der Waals surface area contributed by atoms with E-state index in [-0.39, 0.29) is 11.4 Å². The van der Waals surface area contributed by atoms with Gasteiger partial charge in [-0.1, -0.05) is 0 Å². The second-order valence-corrected chi connectivity index (χ2v) is 4.96. The van der Waals surface area contributed by atoms with E-state index < -0.39 is 0 Å². The van der Waals surface area contributed by atoms with Crippen LogP contribution in [-0.4, -0.2) is 46.8 Å². The molecule has 1 aromatic rings. The first kappa shape index (κ1) is 13.5. The fraction of sp³-hybridized carbons (Fsp3) is 0.636. The molecule has 0 saturated carbocycles. The Kier molecular flexibility index (Phi) is 3.77. The second-order valence-electron chi connectivity index (χ2n) is 4.96. The second kappa shape index (κ2) is 4.75. The van der Waals surface area contributed by atoms with Crippen LogP contribution in [0.1, 0.15) is 24.3 Å². The summed E-state index contributed by atoms with van der Waals surface area (Å²) in [7, 11) is 5.65. The van der Waals surface area contributed by atoms with E-state index in [0.29, 0.717) is 17.9 Å². The number of hydrogen-bond acceptors (Lipinski definition) is 4. The van der Waals surface area contributed by atoms with E-state index in [1.54, 1.807) is 7.05 Å². The van der Waals surface area contributed by atoms with Crippen molar-refractivity contribution in [3.05, 3.63) is 11.9 Å². The lowest BCUT2D eigenvalue weighted by molar-refractivity contribution is 0.0911. The number of aromatic nitrogens is 2. The standard InChI is InChI=1S/C11H21N5O/c1-11(2,15(3)4)7-13-10(17)9-8(12)6-14-16(9)5/h6H,7,12H2,1-5H3,(H,13,17). The van der Waals surface area contributed by atoms with Gasteiger partial charge in [0.25, 0.3) is 5.91 Å². The molecule has 1 heterocycles. The molecule has 0 aliphatic heterocycles. The zero-order valence-corrected chi connectivity index (χ0v) is 11.1. The summed E-state index contributed by atoms with van der Waals surface area (Å²) in [5, 5.41) is 6.80. The van der Waals surface area contributed by atoms with Crippen molar-refractivity contribution in [3.63, 3.8) is 0 Å². The number of amides is 1. The molecule has 1 rings (SSSR count). The number of hydrogen-bond donors (Lipinski definition) is 2. The number of rotatable bonds is 4. The van der Waals surface area contributed by atoms with Crippen molar-refractivity contribution in [1.29, 1.82) is 0 Å². The van der Waals surface area contributed by atoms with Crippen LogP contribution in [0.4, 0.5) is 5.69 Å². The van der Waals surface area contributed by atoms with Crippen molar-refractivity contribution in [3.8, 4) is 0 Å². The summed E-state index contributed by atoms with van der Waals surface area (Å²) in [6.07, 6.45) is 1.48. The van der Waals surface area contributed by atoms with Crippen LogP contribution in [0.3, 0.4) is 0 Å². The highest BCUT2D eigenvalue weighted by Gasteiger charge is 2.23. The highest BCUT2D eigenvalue weighted by molar-refractivity contribution is 5.97. The van der Waals surface area contributed by atoms with Crippen molar-refractivity contribution in [2.45, 2.75) is 19.4 Å². The highest BCUT2D eigenvalue weighted by atomic mass is 16.2. The summed E-state index contributed by atoms with van der Waals surface area (Å²) < 4.78 is 1.48.